The molecule has 2 rings (SSSR count). The summed E-state index contributed by atoms with van der Waals surface area (Å²) in [6.07, 6.45) is 78.7. The first-order chi connectivity index (χ1) is 47.6. The zero-order valence-electron chi connectivity index (χ0n) is 61.3. The summed E-state index contributed by atoms with van der Waals surface area (Å²) in [6, 6.07) is -0.943. The van der Waals surface area contributed by atoms with Crippen LogP contribution in [0.15, 0.2) is 109 Å². The van der Waals surface area contributed by atoms with E-state index >= 15 is 0 Å². The highest BCUT2D eigenvalue weighted by molar-refractivity contribution is 5.76. The van der Waals surface area contributed by atoms with Gasteiger partial charge in [0.2, 0.25) is 5.91 Å². The average molecular weight is 1370 g/mol. The van der Waals surface area contributed by atoms with Gasteiger partial charge in [0.05, 0.1) is 32.0 Å². The minimum absolute atomic E-state index is 0.253. The summed E-state index contributed by atoms with van der Waals surface area (Å²) < 4.78 is 22.9. The van der Waals surface area contributed by atoms with Crippen LogP contribution in [0.4, 0.5) is 0 Å². The first-order valence-electron chi connectivity index (χ1n) is 39.6. The summed E-state index contributed by atoms with van der Waals surface area (Å²) >= 11 is 0. The van der Waals surface area contributed by atoms with E-state index in [0.717, 1.165) is 83.5 Å². The second-order valence-corrected chi connectivity index (χ2v) is 27.4. The molecule has 2 aliphatic heterocycles. The topological polar surface area (TPSA) is 228 Å². The number of amides is 1. The molecule has 0 saturated carbocycles. The van der Waals surface area contributed by atoms with Crippen LogP contribution in [0, 0.1) is 0 Å². The Morgan fingerprint density at radius 2 is 0.722 bits per heavy atom. The van der Waals surface area contributed by atoms with Crippen molar-refractivity contribution < 1.29 is 64.6 Å². The molecule has 2 aliphatic rings. The average Bonchev–Trinajstić information content (AvgIpc) is 0.794. The van der Waals surface area contributed by atoms with E-state index in [-0.39, 0.29) is 18.9 Å². The van der Waals surface area contributed by atoms with Crippen molar-refractivity contribution in [1.82, 2.24) is 5.32 Å². The fourth-order valence-corrected chi connectivity index (χ4v) is 12.5. The van der Waals surface area contributed by atoms with Crippen LogP contribution in [0.25, 0.3) is 0 Å². The molecule has 9 N–H and O–H groups in total. The van der Waals surface area contributed by atoms with Crippen LogP contribution in [0.5, 0.6) is 0 Å². The van der Waals surface area contributed by atoms with Crippen LogP contribution in [0.2, 0.25) is 0 Å². The number of carbonyl (C=O) groups is 1. The quantitative estimate of drug-likeness (QED) is 0.0204. The lowest BCUT2D eigenvalue weighted by Crippen LogP contribution is -2.65. The Morgan fingerprint density at radius 3 is 1.13 bits per heavy atom. The van der Waals surface area contributed by atoms with E-state index in [0.29, 0.717) is 12.8 Å². The molecule has 0 aliphatic carbocycles. The maximum atomic E-state index is 13.4. The number of nitrogens with one attached hydrogen (secondary N) is 1. The summed E-state index contributed by atoms with van der Waals surface area (Å²) in [4.78, 5) is 13.4. The number of aliphatic hydroxyl groups is 8. The van der Waals surface area contributed by atoms with Gasteiger partial charge < -0.3 is 65.1 Å². The molecule has 0 aromatic carbocycles. The fourth-order valence-electron chi connectivity index (χ4n) is 12.5. The summed E-state index contributed by atoms with van der Waals surface area (Å²) in [5, 5.41) is 87.6. The summed E-state index contributed by atoms with van der Waals surface area (Å²) in [5.74, 6) is -0.253. The number of unbranched alkanes of at least 4 members (excludes halogenated alkanes) is 36. The van der Waals surface area contributed by atoms with E-state index in [1.165, 1.54) is 199 Å². The summed E-state index contributed by atoms with van der Waals surface area (Å²) in [6.45, 7) is 2.70. The third kappa shape index (κ3) is 49.0. The number of allylic oxidation sites excluding steroid dienone is 17. The molecule has 97 heavy (non-hydrogen) atoms. The predicted octanol–water partition coefficient (Wildman–Crippen LogP) is 17.9. The molecule has 2 fully saturated rings. The second-order valence-electron chi connectivity index (χ2n) is 27.4. The minimum Gasteiger partial charge on any atom is -0.394 e. The van der Waals surface area contributed by atoms with Crippen molar-refractivity contribution in [2.24, 2.45) is 0 Å². The van der Waals surface area contributed by atoms with Crippen molar-refractivity contribution in [3.05, 3.63) is 109 Å². The SMILES string of the molecule is CC/C=C\C/C=C\C/C=C\C/C=C\C/C=C\C/C=C\C/C=C\CCCCCCCCCCCCCC(=O)NC(COC1OC(CO)C(OC2OC(CO)C(O)C(O)C2O)C(O)C1O)C(O)/C=C/CC/C=C/CCCCCCCCCCCCCCCCCCCCCCCCCC. The molecule has 0 radical (unpaired) electrons. The van der Waals surface area contributed by atoms with Gasteiger partial charge in [0.25, 0.3) is 0 Å². The van der Waals surface area contributed by atoms with Crippen LogP contribution in [0.3, 0.4) is 0 Å². The lowest BCUT2D eigenvalue weighted by Gasteiger charge is -2.46. The van der Waals surface area contributed by atoms with Gasteiger partial charge in [-0.1, -0.05) is 329 Å². The highest BCUT2D eigenvalue weighted by Crippen LogP contribution is 2.30. The van der Waals surface area contributed by atoms with Crippen molar-refractivity contribution in [2.45, 2.75) is 389 Å². The molecule has 14 nitrogen and oxygen atoms in total. The lowest BCUT2D eigenvalue weighted by molar-refractivity contribution is -0.359. The number of hydrogen-bond acceptors (Lipinski definition) is 13. The molecule has 0 spiro atoms. The van der Waals surface area contributed by atoms with Crippen molar-refractivity contribution in [3.63, 3.8) is 0 Å². The molecule has 560 valence electrons. The lowest BCUT2D eigenvalue weighted by atomic mass is 9.97. The van der Waals surface area contributed by atoms with Gasteiger partial charge in [0.15, 0.2) is 12.6 Å². The van der Waals surface area contributed by atoms with Crippen LogP contribution in [-0.2, 0) is 23.7 Å². The monoisotopic (exact) mass is 1360 g/mol. The van der Waals surface area contributed by atoms with Crippen molar-refractivity contribution in [2.75, 3.05) is 19.8 Å². The maximum absolute atomic E-state index is 13.4. The van der Waals surface area contributed by atoms with Crippen molar-refractivity contribution in [1.29, 1.82) is 0 Å². The van der Waals surface area contributed by atoms with Crippen LogP contribution in [-0.4, -0.2) is 140 Å². The Labute approximate surface area is 591 Å². The maximum Gasteiger partial charge on any atom is 0.220 e. The zero-order chi connectivity index (χ0) is 70.1. The highest BCUT2D eigenvalue weighted by atomic mass is 16.7. The van der Waals surface area contributed by atoms with E-state index in [1.807, 2.05) is 6.08 Å². The Bertz CT molecular complexity index is 2050. The molecule has 12 atom stereocenters. The minimum atomic E-state index is -1.80. The molecule has 2 heterocycles. The molecular formula is C83H145NO13. The number of ether oxygens (including phenoxy) is 4. The first kappa shape index (κ1) is 89.7. The molecular weight excluding hydrogens is 1220 g/mol. The summed E-state index contributed by atoms with van der Waals surface area (Å²) in [7, 11) is 0. The fraction of sp³-hybridized carbons (Fsp3) is 0.771. The molecule has 2 saturated heterocycles. The standard InChI is InChI=1S/C83H145NO13/c1-3-5-7-9-11-13-15-17-19-21-23-25-27-29-31-33-35-36-37-39-41-43-45-47-49-51-53-55-57-59-61-63-65-67-75(88)84-71(70-94-82-80(93)78(91)81(74(69-86)96-82)97-83-79(92)77(90)76(89)73(68-85)95-83)72(87)66-64-62-60-58-56-54-52-50-48-46-44-42-40-38-34-32-30-28-26-24-22-20-18-16-14-12-10-8-6-4-2/h5,7,11,13,17,19,23,25,29,31,35-36,39,41,56,58,64,66,71-74,76-83,85-87,89-93H,3-4,6,8-10,12,14-16,18,20-22,24,26-28,30,32-34,37-38,40,42-55,57,59-63,65,67-70H2,1-2H3,(H,84,88)/b7-5-,13-11-,19-17-,25-23-,31-29-,36-35-,41-39-,58-56+,66-64+. The first-order valence-corrected chi connectivity index (χ1v) is 39.6. The van der Waals surface area contributed by atoms with Gasteiger partial charge in [0, 0.05) is 6.42 Å². The van der Waals surface area contributed by atoms with E-state index in [1.54, 1.807) is 6.08 Å². The molecule has 0 aromatic heterocycles. The molecule has 0 bridgehead atoms. The Balaban J connectivity index is 1.65. The highest BCUT2D eigenvalue weighted by Gasteiger charge is 2.51. The normalized spacial score (nSPS) is 22.7. The van der Waals surface area contributed by atoms with Crippen molar-refractivity contribution in [3.8, 4) is 0 Å². The number of rotatable bonds is 65. The van der Waals surface area contributed by atoms with Crippen molar-refractivity contribution >= 4 is 5.91 Å². The van der Waals surface area contributed by atoms with Gasteiger partial charge >= 0.3 is 0 Å². The number of aliphatic hydroxyl groups excluding tert-OH is 8. The van der Waals surface area contributed by atoms with E-state index in [9.17, 15) is 45.6 Å². The second kappa shape index (κ2) is 65.9. The largest absolute Gasteiger partial charge is 0.394 e. The van der Waals surface area contributed by atoms with Gasteiger partial charge in [-0.3, -0.25) is 4.79 Å². The zero-order valence-corrected chi connectivity index (χ0v) is 61.3. The van der Waals surface area contributed by atoms with E-state index < -0.39 is 86.8 Å². The molecule has 1 amide bonds. The predicted molar refractivity (Wildman–Crippen MR) is 401 cm³/mol. The van der Waals surface area contributed by atoms with Gasteiger partial charge in [-0.05, 0) is 89.9 Å². The smallest absolute Gasteiger partial charge is 0.220 e. The Hall–Kier alpha value is -3.35. The third-order valence-corrected chi connectivity index (χ3v) is 18.7. The van der Waals surface area contributed by atoms with Gasteiger partial charge in [-0.2, -0.15) is 0 Å². The van der Waals surface area contributed by atoms with Crippen LogP contribution < -0.4 is 5.32 Å². The molecule has 12 unspecified atom stereocenters. The Kier molecular flexibility index (Phi) is 61.0. The van der Waals surface area contributed by atoms with Gasteiger partial charge in [-0.15, -0.1) is 0 Å². The van der Waals surface area contributed by atoms with Gasteiger partial charge in [0.1, 0.15) is 48.8 Å². The van der Waals surface area contributed by atoms with E-state index in [4.69, 9.17) is 18.9 Å². The molecule has 14 heteroatoms. The van der Waals surface area contributed by atoms with Gasteiger partial charge in [-0.25, -0.2) is 0 Å². The summed E-state index contributed by atoms with van der Waals surface area (Å²) in [5.41, 5.74) is 0. The van der Waals surface area contributed by atoms with Crippen LogP contribution >= 0.6 is 0 Å². The van der Waals surface area contributed by atoms with Crippen LogP contribution in [0.1, 0.15) is 316 Å². The number of hydrogen-bond donors (Lipinski definition) is 9. The third-order valence-electron chi connectivity index (χ3n) is 18.7. The molecule has 0 aromatic rings. The number of carbonyl (C=O) groups excluding carboxylic acids is 1. The van der Waals surface area contributed by atoms with E-state index in [2.05, 4.69) is 116 Å². The Morgan fingerprint density at radius 1 is 0.381 bits per heavy atom.